The SMILES string of the molecule is CC(C)NCc1nc(CN(C)CC2CCCO2)cs1. The third kappa shape index (κ3) is 5.18. The van der Waals surface area contributed by atoms with E-state index in [2.05, 4.69) is 41.5 Å². The topological polar surface area (TPSA) is 37.4 Å². The van der Waals surface area contributed by atoms with Crippen LogP contribution in [0.15, 0.2) is 5.38 Å². The van der Waals surface area contributed by atoms with Crippen molar-refractivity contribution < 1.29 is 4.74 Å². The predicted octanol–water partition coefficient (Wildman–Crippen LogP) is 2.25. The lowest BCUT2D eigenvalue weighted by Crippen LogP contribution is -2.28. The highest BCUT2D eigenvalue weighted by Crippen LogP contribution is 2.15. The minimum atomic E-state index is 0.422. The normalized spacial score (nSPS) is 19.7. The average molecular weight is 283 g/mol. The molecule has 1 aliphatic rings. The minimum absolute atomic E-state index is 0.422. The van der Waals surface area contributed by atoms with Crippen molar-refractivity contribution in [2.45, 2.75) is 51.9 Å². The van der Waals surface area contributed by atoms with Crippen LogP contribution in [0.25, 0.3) is 0 Å². The molecule has 1 N–H and O–H groups in total. The van der Waals surface area contributed by atoms with E-state index < -0.39 is 0 Å². The number of rotatable bonds is 7. The Labute approximate surface area is 120 Å². The third-order valence-corrected chi connectivity index (χ3v) is 4.13. The summed E-state index contributed by atoms with van der Waals surface area (Å²) in [6, 6.07) is 0.509. The predicted molar refractivity (Wildman–Crippen MR) is 79.4 cm³/mol. The molecule has 1 saturated heterocycles. The Bertz CT molecular complexity index is 375. The molecule has 1 atom stereocenters. The second kappa shape index (κ2) is 7.33. The molecule has 0 saturated carbocycles. The summed E-state index contributed by atoms with van der Waals surface area (Å²) in [5, 5.41) is 6.75. The van der Waals surface area contributed by atoms with Crippen molar-refractivity contribution in [2.75, 3.05) is 20.2 Å². The van der Waals surface area contributed by atoms with Crippen molar-refractivity contribution >= 4 is 11.3 Å². The standard InChI is InChI=1S/C14H25N3OS/c1-11(2)15-7-14-16-12(10-19-14)8-17(3)9-13-5-4-6-18-13/h10-11,13,15H,4-9H2,1-3H3. The number of aromatic nitrogens is 1. The molecule has 0 aromatic carbocycles. The number of likely N-dealkylation sites (N-methyl/N-ethyl adjacent to an activating group) is 1. The van der Waals surface area contributed by atoms with E-state index in [1.54, 1.807) is 11.3 Å². The maximum absolute atomic E-state index is 5.66. The maximum atomic E-state index is 5.66. The monoisotopic (exact) mass is 283 g/mol. The Kier molecular flexibility index (Phi) is 5.76. The van der Waals surface area contributed by atoms with E-state index in [1.165, 1.54) is 23.5 Å². The van der Waals surface area contributed by atoms with Gasteiger partial charge >= 0.3 is 0 Å². The summed E-state index contributed by atoms with van der Waals surface area (Å²) in [5.41, 5.74) is 1.17. The summed E-state index contributed by atoms with van der Waals surface area (Å²) >= 11 is 1.74. The van der Waals surface area contributed by atoms with Crippen LogP contribution in [0.4, 0.5) is 0 Å². The van der Waals surface area contributed by atoms with Gasteiger partial charge in [0, 0.05) is 37.7 Å². The van der Waals surface area contributed by atoms with E-state index in [-0.39, 0.29) is 0 Å². The second-order valence-electron chi connectivity index (χ2n) is 5.60. The Morgan fingerprint density at radius 2 is 2.42 bits per heavy atom. The van der Waals surface area contributed by atoms with Gasteiger partial charge in [-0.1, -0.05) is 13.8 Å². The van der Waals surface area contributed by atoms with Crippen LogP contribution in [-0.4, -0.2) is 42.2 Å². The van der Waals surface area contributed by atoms with Crippen molar-refractivity contribution in [3.8, 4) is 0 Å². The zero-order valence-corrected chi connectivity index (χ0v) is 13.0. The molecule has 0 amide bonds. The van der Waals surface area contributed by atoms with E-state index in [1.807, 2.05) is 0 Å². The number of hydrogen-bond acceptors (Lipinski definition) is 5. The van der Waals surface area contributed by atoms with Gasteiger partial charge in [0.25, 0.3) is 0 Å². The lowest BCUT2D eigenvalue weighted by molar-refractivity contribution is 0.0790. The third-order valence-electron chi connectivity index (χ3n) is 3.23. The molecule has 2 rings (SSSR count). The minimum Gasteiger partial charge on any atom is -0.377 e. The van der Waals surface area contributed by atoms with Gasteiger partial charge in [-0.25, -0.2) is 4.98 Å². The molecule has 0 spiro atoms. The first kappa shape index (κ1) is 14.9. The quantitative estimate of drug-likeness (QED) is 0.833. The van der Waals surface area contributed by atoms with Crippen LogP contribution in [0.5, 0.6) is 0 Å². The Balaban J connectivity index is 1.75. The van der Waals surface area contributed by atoms with Gasteiger partial charge in [0.2, 0.25) is 0 Å². The second-order valence-corrected chi connectivity index (χ2v) is 6.54. The first-order valence-electron chi connectivity index (χ1n) is 7.10. The fraction of sp³-hybridized carbons (Fsp3) is 0.786. The summed E-state index contributed by atoms with van der Waals surface area (Å²) in [6.45, 7) is 8.04. The van der Waals surface area contributed by atoms with Crippen molar-refractivity contribution in [3.05, 3.63) is 16.1 Å². The van der Waals surface area contributed by atoms with Crippen LogP contribution >= 0.6 is 11.3 Å². The van der Waals surface area contributed by atoms with E-state index >= 15 is 0 Å². The molecular weight excluding hydrogens is 258 g/mol. The van der Waals surface area contributed by atoms with Gasteiger partial charge in [-0.3, -0.25) is 4.90 Å². The number of hydrogen-bond donors (Lipinski definition) is 1. The fourth-order valence-corrected chi connectivity index (χ4v) is 3.01. The van der Waals surface area contributed by atoms with E-state index in [4.69, 9.17) is 4.74 Å². The molecule has 1 unspecified atom stereocenters. The summed E-state index contributed by atoms with van der Waals surface area (Å²) < 4.78 is 5.66. The molecular formula is C14H25N3OS. The van der Waals surface area contributed by atoms with Gasteiger partial charge in [0.15, 0.2) is 0 Å². The van der Waals surface area contributed by atoms with Crippen LogP contribution in [-0.2, 0) is 17.8 Å². The fourth-order valence-electron chi connectivity index (χ4n) is 2.27. The van der Waals surface area contributed by atoms with Crippen molar-refractivity contribution in [1.29, 1.82) is 0 Å². The summed E-state index contributed by atoms with van der Waals surface area (Å²) in [7, 11) is 2.15. The van der Waals surface area contributed by atoms with Gasteiger partial charge in [-0.05, 0) is 19.9 Å². The lowest BCUT2D eigenvalue weighted by atomic mass is 10.2. The highest BCUT2D eigenvalue weighted by atomic mass is 32.1. The molecule has 2 heterocycles. The van der Waals surface area contributed by atoms with Gasteiger partial charge < -0.3 is 10.1 Å². The molecule has 5 heteroatoms. The Morgan fingerprint density at radius 3 is 3.11 bits per heavy atom. The summed E-state index contributed by atoms with van der Waals surface area (Å²) in [5.74, 6) is 0. The maximum Gasteiger partial charge on any atom is 0.107 e. The van der Waals surface area contributed by atoms with Crippen molar-refractivity contribution in [2.24, 2.45) is 0 Å². The number of thiazole rings is 1. The summed E-state index contributed by atoms with van der Waals surface area (Å²) in [4.78, 5) is 6.98. The van der Waals surface area contributed by atoms with Crippen molar-refractivity contribution in [1.82, 2.24) is 15.2 Å². The molecule has 19 heavy (non-hydrogen) atoms. The number of ether oxygens (including phenoxy) is 1. The zero-order chi connectivity index (χ0) is 13.7. The van der Waals surface area contributed by atoms with Crippen LogP contribution in [0.2, 0.25) is 0 Å². The molecule has 4 nitrogen and oxygen atoms in total. The number of nitrogens with one attached hydrogen (secondary N) is 1. The van der Waals surface area contributed by atoms with Gasteiger partial charge in [-0.2, -0.15) is 0 Å². The van der Waals surface area contributed by atoms with Crippen LogP contribution in [0.1, 0.15) is 37.4 Å². The van der Waals surface area contributed by atoms with E-state index in [9.17, 15) is 0 Å². The first-order chi connectivity index (χ1) is 9.13. The van der Waals surface area contributed by atoms with Crippen LogP contribution in [0.3, 0.4) is 0 Å². The highest BCUT2D eigenvalue weighted by molar-refractivity contribution is 7.09. The molecule has 108 valence electrons. The summed E-state index contributed by atoms with van der Waals surface area (Å²) in [6.07, 6.45) is 2.83. The molecule has 1 fully saturated rings. The zero-order valence-electron chi connectivity index (χ0n) is 12.2. The van der Waals surface area contributed by atoms with Gasteiger partial charge in [0.05, 0.1) is 11.8 Å². The van der Waals surface area contributed by atoms with Crippen LogP contribution in [0, 0.1) is 0 Å². The largest absolute Gasteiger partial charge is 0.377 e. The first-order valence-corrected chi connectivity index (χ1v) is 7.98. The van der Waals surface area contributed by atoms with Gasteiger partial charge in [0.1, 0.15) is 5.01 Å². The number of nitrogens with zero attached hydrogens (tertiary/aromatic N) is 2. The van der Waals surface area contributed by atoms with Gasteiger partial charge in [-0.15, -0.1) is 11.3 Å². The van der Waals surface area contributed by atoms with E-state index in [0.29, 0.717) is 12.1 Å². The smallest absolute Gasteiger partial charge is 0.107 e. The van der Waals surface area contributed by atoms with E-state index in [0.717, 1.165) is 26.2 Å². The molecule has 0 radical (unpaired) electrons. The molecule has 1 aromatic rings. The van der Waals surface area contributed by atoms with Crippen LogP contribution < -0.4 is 5.32 Å². The Hall–Kier alpha value is -0.490. The molecule has 1 aliphatic heterocycles. The Morgan fingerprint density at radius 1 is 1.58 bits per heavy atom. The lowest BCUT2D eigenvalue weighted by Gasteiger charge is -2.19. The molecule has 1 aromatic heterocycles. The van der Waals surface area contributed by atoms with Crippen molar-refractivity contribution in [3.63, 3.8) is 0 Å². The molecule has 0 bridgehead atoms. The average Bonchev–Trinajstić information content (AvgIpc) is 2.98. The molecule has 0 aliphatic carbocycles. The highest BCUT2D eigenvalue weighted by Gasteiger charge is 2.17.